The molecule has 0 aliphatic rings. The van der Waals surface area contributed by atoms with E-state index in [-0.39, 0.29) is 11.9 Å². The van der Waals surface area contributed by atoms with Gasteiger partial charge in [0.1, 0.15) is 0 Å². The number of unbranched alkanes of at least 4 members (excludes halogenated alkanes) is 11. The third-order valence-corrected chi connectivity index (χ3v) is 4.12. The molecular formula is C21H41NO. The largest absolute Gasteiger partial charge is 0.354 e. The highest BCUT2D eigenvalue weighted by molar-refractivity contribution is 5.76. The lowest BCUT2D eigenvalue weighted by atomic mass is 10.1. The molecule has 0 aliphatic heterocycles. The van der Waals surface area contributed by atoms with Gasteiger partial charge in [0, 0.05) is 12.5 Å². The van der Waals surface area contributed by atoms with Crippen LogP contribution in [0.2, 0.25) is 0 Å². The van der Waals surface area contributed by atoms with Crippen LogP contribution in [-0.4, -0.2) is 11.9 Å². The first-order valence-electron chi connectivity index (χ1n) is 10.1. The molecule has 2 nitrogen and oxygen atoms in total. The second-order valence-corrected chi connectivity index (χ2v) is 7.06. The summed E-state index contributed by atoms with van der Waals surface area (Å²) in [5.74, 6) is 0.206. The van der Waals surface area contributed by atoms with E-state index in [0.717, 1.165) is 6.42 Å². The first-order chi connectivity index (χ1) is 11.2. The van der Waals surface area contributed by atoms with Crippen molar-refractivity contribution in [3.05, 3.63) is 12.2 Å². The Hall–Kier alpha value is -0.790. The van der Waals surface area contributed by atoms with Crippen LogP contribution in [0.4, 0.5) is 0 Å². The summed E-state index contributed by atoms with van der Waals surface area (Å²) in [6, 6.07) is 0.269. The summed E-state index contributed by atoms with van der Waals surface area (Å²) in [5, 5.41) is 2.94. The Bertz CT molecular complexity index is 284. The highest BCUT2D eigenvalue weighted by Crippen LogP contribution is 2.09. The molecule has 23 heavy (non-hydrogen) atoms. The molecule has 136 valence electrons. The summed E-state index contributed by atoms with van der Waals surface area (Å²) in [7, 11) is 0. The molecule has 1 amide bonds. The van der Waals surface area contributed by atoms with Crippen LogP contribution in [0.15, 0.2) is 12.2 Å². The van der Waals surface area contributed by atoms with Gasteiger partial charge in [0.25, 0.3) is 0 Å². The zero-order valence-electron chi connectivity index (χ0n) is 16.0. The topological polar surface area (TPSA) is 29.1 Å². The maximum Gasteiger partial charge on any atom is 0.220 e. The average molecular weight is 324 g/mol. The van der Waals surface area contributed by atoms with E-state index < -0.39 is 0 Å². The Morgan fingerprint density at radius 2 is 1.26 bits per heavy atom. The fourth-order valence-corrected chi connectivity index (χ4v) is 2.75. The van der Waals surface area contributed by atoms with Crippen LogP contribution in [-0.2, 0) is 4.79 Å². The van der Waals surface area contributed by atoms with Gasteiger partial charge in [-0.3, -0.25) is 4.79 Å². The molecule has 0 saturated heterocycles. The van der Waals surface area contributed by atoms with Gasteiger partial charge in [0.2, 0.25) is 5.91 Å². The molecule has 2 heteroatoms. The Kier molecular flexibility index (Phi) is 17.0. The quantitative estimate of drug-likeness (QED) is 0.253. The van der Waals surface area contributed by atoms with E-state index >= 15 is 0 Å². The zero-order chi connectivity index (χ0) is 17.2. The van der Waals surface area contributed by atoms with Crippen molar-refractivity contribution in [2.24, 2.45) is 0 Å². The van der Waals surface area contributed by atoms with Crippen LogP contribution >= 0.6 is 0 Å². The Morgan fingerprint density at radius 3 is 1.78 bits per heavy atom. The van der Waals surface area contributed by atoms with Crippen molar-refractivity contribution in [3.63, 3.8) is 0 Å². The lowest BCUT2D eigenvalue weighted by molar-refractivity contribution is -0.121. The Balaban J connectivity index is 3.18. The normalized spacial score (nSPS) is 11.5. The first kappa shape index (κ1) is 22.2. The SMILES string of the molecule is CCCCCCCC/C=C\CCCCCCCC(=O)NC(C)C. The van der Waals surface area contributed by atoms with E-state index in [2.05, 4.69) is 24.4 Å². The minimum absolute atomic E-state index is 0.206. The fourth-order valence-electron chi connectivity index (χ4n) is 2.75. The smallest absolute Gasteiger partial charge is 0.220 e. The van der Waals surface area contributed by atoms with Crippen LogP contribution in [0.3, 0.4) is 0 Å². The van der Waals surface area contributed by atoms with Crippen molar-refractivity contribution in [3.8, 4) is 0 Å². The second-order valence-electron chi connectivity index (χ2n) is 7.06. The highest BCUT2D eigenvalue weighted by Gasteiger charge is 2.01. The molecule has 0 rings (SSSR count). The van der Waals surface area contributed by atoms with Crippen molar-refractivity contribution in [1.29, 1.82) is 0 Å². The van der Waals surface area contributed by atoms with Gasteiger partial charge in [-0.05, 0) is 46.0 Å². The third kappa shape index (κ3) is 19.2. The minimum Gasteiger partial charge on any atom is -0.354 e. The molecule has 0 unspecified atom stereocenters. The number of nitrogens with one attached hydrogen (secondary N) is 1. The molecule has 0 aromatic rings. The minimum atomic E-state index is 0.206. The highest BCUT2D eigenvalue weighted by atomic mass is 16.1. The standard InChI is InChI=1S/C21H41NO/c1-4-5-6-7-8-9-10-11-12-13-14-15-16-17-18-19-21(23)22-20(2)3/h11-12,20H,4-10,13-19H2,1-3H3,(H,22,23)/b12-11-. The van der Waals surface area contributed by atoms with E-state index in [1.807, 2.05) is 13.8 Å². The van der Waals surface area contributed by atoms with Crippen LogP contribution < -0.4 is 5.32 Å². The fraction of sp³-hybridized carbons (Fsp3) is 0.857. The number of allylic oxidation sites excluding steroid dienone is 2. The first-order valence-corrected chi connectivity index (χ1v) is 10.1. The molecule has 0 aromatic carbocycles. The van der Waals surface area contributed by atoms with Crippen molar-refractivity contribution >= 4 is 5.91 Å². The van der Waals surface area contributed by atoms with Crippen molar-refractivity contribution in [1.82, 2.24) is 5.32 Å². The summed E-state index contributed by atoms with van der Waals surface area (Å²) < 4.78 is 0. The van der Waals surface area contributed by atoms with Gasteiger partial charge in [-0.25, -0.2) is 0 Å². The number of hydrogen-bond donors (Lipinski definition) is 1. The molecule has 0 aromatic heterocycles. The number of hydrogen-bond acceptors (Lipinski definition) is 1. The van der Waals surface area contributed by atoms with Crippen LogP contribution in [0.5, 0.6) is 0 Å². The number of carbonyl (C=O) groups is 1. The molecule has 1 N–H and O–H groups in total. The van der Waals surface area contributed by atoms with Gasteiger partial charge in [-0.15, -0.1) is 0 Å². The second kappa shape index (κ2) is 17.6. The van der Waals surface area contributed by atoms with Crippen molar-refractivity contribution in [2.75, 3.05) is 0 Å². The summed E-state index contributed by atoms with van der Waals surface area (Å²) in [4.78, 5) is 11.5. The van der Waals surface area contributed by atoms with Gasteiger partial charge in [0.15, 0.2) is 0 Å². The zero-order valence-corrected chi connectivity index (χ0v) is 16.0. The maximum absolute atomic E-state index is 11.5. The van der Waals surface area contributed by atoms with Gasteiger partial charge in [-0.1, -0.05) is 70.4 Å². The lowest BCUT2D eigenvalue weighted by Gasteiger charge is -2.07. The van der Waals surface area contributed by atoms with E-state index in [0.29, 0.717) is 6.42 Å². The van der Waals surface area contributed by atoms with Crippen molar-refractivity contribution in [2.45, 2.75) is 117 Å². The monoisotopic (exact) mass is 323 g/mol. The molecule has 0 aliphatic carbocycles. The Labute approximate surface area is 145 Å². The van der Waals surface area contributed by atoms with Gasteiger partial charge >= 0.3 is 0 Å². The van der Waals surface area contributed by atoms with Crippen LogP contribution in [0.25, 0.3) is 0 Å². The van der Waals surface area contributed by atoms with Gasteiger partial charge in [-0.2, -0.15) is 0 Å². The summed E-state index contributed by atoms with van der Waals surface area (Å²) in [6.07, 6.45) is 22.3. The van der Waals surface area contributed by atoms with Crippen LogP contribution in [0.1, 0.15) is 111 Å². The molecule has 0 heterocycles. The Morgan fingerprint density at radius 1 is 0.783 bits per heavy atom. The summed E-state index contributed by atoms with van der Waals surface area (Å²) in [6.45, 7) is 6.29. The lowest BCUT2D eigenvalue weighted by Crippen LogP contribution is -2.29. The molecule has 0 radical (unpaired) electrons. The number of amides is 1. The maximum atomic E-state index is 11.5. The number of carbonyl (C=O) groups excluding carboxylic acids is 1. The third-order valence-electron chi connectivity index (χ3n) is 4.12. The summed E-state index contributed by atoms with van der Waals surface area (Å²) >= 11 is 0. The van der Waals surface area contributed by atoms with E-state index in [9.17, 15) is 4.79 Å². The molecule has 0 bridgehead atoms. The predicted octanol–water partition coefficient (Wildman–Crippen LogP) is 6.55. The van der Waals surface area contributed by atoms with E-state index in [1.165, 1.54) is 77.0 Å². The van der Waals surface area contributed by atoms with Crippen LogP contribution in [0, 0.1) is 0 Å². The average Bonchev–Trinajstić information content (AvgIpc) is 2.50. The predicted molar refractivity (Wildman–Crippen MR) is 103 cm³/mol. The van der Waals surface area contributed by atoms with E-state index in [4.69, 9.17) is 0 Å². The van der Waals surface area contributed by atoms with Crippen molar-refractivity contribution < 1.29 is 4.79 Å². The molecular weight excluding hydrogens is 282 g/mol. The summed E-state index contributed by atoms with van der Waals surface area (Å²) in [5.41, 5.74) is 0. The van der Waals surface area contributed by atoms with E-state index in [1.54, 1.807) is 0 Å². The van der Waals surface area contributed by atoms with Gasteiger partial charge in [0.05, 0.1) is 0 Å². The number of rotatable bonds is 16. The molecule has 0 fully saturated rings. The molecule has 0 spiro atoms. The van der Waals surface area contributed by atoms with Gasteiger partial charge < -0.3 is 5.32 Å². The molecule has 0 saturated carbocycles. The molecule has 0 atom stereocenters.